The van der Waals surface area contributed by atoms with Gasteiger partial charge < -0.3 is 19.7 Å². The fourth-order valence-corrected chi connectivity index (χ4v) is 4.58. The van der Waals surface area contributed by atoms with Crippen LogP contribution in [0.5, 0.6) is 5.75 Å². The third-order valence-corrected chi connectivity index (χ3v) is 6.58. The highest BCUT2D eigenvalue weighted by Gasteiger charge is 2.22. The van der Waals surface area contributed by atoms with Crippen molar-refractivity contribution in [2.45, 2.75) is 11.7 Å². The van der Waals surface area contributed by atoms with E-state index in [0.717, 1.165) is 37.8 Å². The van der Waals surface area contributed by atoms with Gasteiger partial charge in [-0.2, -0.15) is 0 Å². The predicted octanol–water partition coefficient (Wildman–Crippen LogP) is 2.73. The van der Waals surface area contributed by atoms with Gasteiger partial charge >= 0.3 is 0 Å². The number of quaternary nitrogens is 1. The molecule has 0 atom stereocenters. The van der Waals surface area contributed by atoms with E-state index < -0.39 is 0 Å². The summed E-state index contributed by atoms with van der Waals surface area (Å²) >= 11 is 13.5. The van der Waals surface area contributed by atoms with E-state index in [1.165, 1.54) is 16.7 Å². The van der Waals surface area contributed by atoms with E-state index in [1.807, 2.05) is 28.8 Å². The smallest absolute Gasteiger partial charge is 0.234 e. The number of morpholine rings is 1. The monoisotopic (exact) mass is 508 g/mol. The van der Waals surface area contributed by atoms with Crippen LogP contribution < -0.4 is 15.0 Å². The Labute approximate surface area is 206 Å². The maximum atomic E-state index is 12.7. The summed E-state index contributed by atoms with van der Waals surface area (Å²) in [5.41, 5.74) is 1.41. The van der Waals surface area contributed by atoms with Gasteiger partial charge in [0, 0.05) is 15.7 Å². The highest BCUT2D eigenvalue weighted by atomic mass is 35.5. The lowest BCUT2D eigenvalue weighted by atomic mass is 10.3. The first-order valence-corrected chi connectivity index (χ1v) is 12.2. The minimum absolute atomic E-state index is 0.145. The second-order valence-electron chi connectivity index (χ2n) is 7.43. The summed E-state index contributed by atoms with van der Waals surface area (Å²) in [6.45, 7) is 4.02. The molecule has 1 saturated heterocycles. The van der Waals surface area contributed by atoms with Crippen LogP contribution >= 0.6 is 35.0 Å². The number of thioether (sulfide) groups is 1. The van der Waals surface area contributed by atoms with Crippen LogP contribution in [0.3, 0.4) is 0 Å². The molecule has 0 saturated carbocycles. The van der Waals surface area contributed by atoms with Gasteiger partial charge in [-0.25, -0.2) is 0 Å². The molecule has 174 valence electrons. The van der Waals surface area contributed by atoms with Crippen molar-refractivity contribution in [2.75, 3.05) is 44.5 Å². The molecule has 11 heteroatoms. The van der Waals surface area contributed by atoms with Crippen molar-refractivity contribution in [2.24, 2.45) is 0 Å². The number of halogens is 2. The topological polar surface area (TPSA) is 82.7 Å². The van der Waals surface area contributed by atoms with Crippen LogP contribution in [0.15, 0.2) is 47.6 Å². The fourth-order valence-electron chi connectivity index (χ4n) is 3.51. The summed E-state index contributed by atoms with van der Waals surface area (Å²) in [5.74, 6) is 1.31. The van der Waals surface area contributed by atoms with Crippen molar-refractivity contribution >= 4 is 46.6 Å². The van der Waals surface area contributed by atoms with Gasteiger partial charge in [-0.15, -0.1) is 10.2 Å². The Bertz CT molecular complexity index is 1100. The first-order chi connectivity index (χ1) is 16.0. The molecule has 2 N–H and O–H groups in total. The lowest BCUT2D eigenvalue weighted by Gasteiger charge is -2.23. The molecule has 1 aliphatic heterocycles. The largest absolute Gasteiger partial charge is 0.495 e. The van der Waals surface area contributed by atoms with E-state index in [4.69, 9.17) is 32.7 Å². The van der Waals surface area contributed by atoms with Gasteiger partial charge in [-0.05, 0) is 42.5 Å². The molecule has 0 aliphatic carbocycles. The van der Waals surface area contributed by atoms with E-state index in [0.29, 0.717) is 33.2 Å². The van der Waals surface area contributed by atoms with Crippen molar-refractivity contribution in [1.82, 2.24) is 14.8 Å². The van der Waals surface area contributed by atoms with Crippen LogP contribution in [0.1, 0.15) is 5.82 Å². The molecule has 1 aromatic heterocycles. The number of methoxy groups -OCH3 is 1. The highest BCUT2D eigenvalue weighted by molar-refractivity contribution is 7.99. The Hall–Kier alpha value is -2.30. The summed E-state index contributed by atoms with van der Waals surface area (Å²) in [6.07, 6.45) is 0. The Balaban J connectivity index is 1.51. The molecule has 8 nitrogen and oxygen atoms in total. The molecule has 4 rings (SSSR count). The fraction of sp³-hybridized carbons (Fsp3) is 0.318. The van der Waals surface area contributed by atoms with Crippen molar-refractivity contribution in [3.05, 3.63) is 58.3 Å². The third kappa shape index (κ3) is 6.18. The van der Waals surface area contributed by atoms with Crippen LogP contribution in [-0.4, -0.2) is 59.8 Å². The summed E-state index contributed by atoms with van der Waals surface area (Å²) < 4.78 is 12.7. The Kier molecular flexibility index (Phi) is 8.11. The number of hydrogen-bond acceptors (Lipinski definition) is 6. The van der Waals surface area contributed by atoms with E-state index >= 15 is 0 Å². The number of rotatable bonds is 8. The number of benzene rings is 2. The molecule has 0 spiro atoms. The lowest BCUT2D eigenvalue weighted by molar-refractivity contribution is -0.922. The Morgan fingerprint density at radius 2 is 1.88 bits per heavy atom. The quantitative estimate of drug-likeness (QED) is 0.455. The van der Waals surface area contributed by atoms with Crippen LogP contribution in [0.4, 0.5) is 5.69 Å². The second kappa shape index (κ2) is 11.2. The molecule has 1 aliphatic rings. The number of hydrogen-bond donors (Lipinski definition) is 2. The van der Waals surface area contributed by atoms with E-state index in [9.17, 15) is 4.79 Å². The van der Waals surface area contributed by atoms with Gasteiger partial charge in [-0.1, -0.05) is 35.0 Å². The van der Waals surface area contributed by atoms with Gasteiger partial charge in [0.2, 0.25) is 5.91 Å². The molecule has 2 aromatic carbocycles. The van der Waals surface area contributed by atoms with Gasteiger partial charge in [0.25, 0.3) is 0 Å². The highest BCUT2D eigenvalue weighted by Crippen LogP contribution is 2.28. The number of anilines is 1. The molecule has 2 heterocycles. The normalized spacial score (nSPS) is 14.3. The van der Waals surface area contributed by atoms with E-state index in [1.54, 1.807) is 25.3 Å². The number of nitrogens with one attached hydrogen (secondary N) is 2. The van der Waals surface area contributed by atoms with E-state index in [2.05, 4.69) is 15.5 Å². The first kappa shape index (κ1) is 23.8. The molecular formula is C22H24Cl2N5O3S+. The van der Waals surface area contributed by atoms with Crippen LogP contribution in [0.25, 0.3) is 5.69 Å². The SMILES string of the molecule is COc1ccc(Cl)cc1NC(=O)CSc1nnc(C[NH+]2CCOCC2)n1-c1ccc(Cl)cc1. The summed E-state index contributed by atoms with van der Waals surface area (Å²) in [4.78, 5) is 14.0. The second-order valence-corrected chi connectivity index (χ2v) is 9.25. The standard InChI is InChI=1S/C22H23Cl2N5O3S/c1-31-19-7-4-16(24)12-18(19)25-21(30)14-33-22-27-26-20(13-28-8-10-32-11-9-28)29(22)17-5-2-15(23)3-6-17/h2-7,12H,8-11,13-14H2,1H3,(H,25,30)/p+1. The van der Waals surface area contributed by atoms with Crippen molar-refractivity contribution < 1.29 is 19.2 Å². The predicted molar refractivity (Wildman–Crippen MR) is 129 cm³/mol. The molecule has 0 radical (unpaired) electrons. The minimum atomic E-state index is -0.202. The summed E-state index contributed by atoms with van der Waals surface area (Å²) in [7, 11) is 1.54. The molecular weight excluding hydrogens is 485 g/mol. The Morgan fingerprint density at radius 1 is 1.15 bits per heavy atom. The number of ether oxygens (including phenoxy) is 2. The van der Waals surface area contributed by atoms with Gasteiger partial charge in [-0.3, -0.25) is 9.36 Å². The maximum absolute atomic E-state index is 12.7. The zero-order valence-corrected chi connectivity index (χ0v) is 20.3. The average Bonchev–Trinajstić information content (AvgIpc) is 3.21. The van der Waals surface area contributed by atoms with Crippen LogP contribution in [-0.2, 0) is 16.1 Å². The zero-order valence-electron chi connectivity index (χ0n) is 18.0. The van der Waals surface area contributed by atoms with Gasteiger partial charge in [0.1, 0.15) is 25.4 Å². The molecule has 0 unspecified atom stereocenters. The van der Waals surface area contributed by atoms with Crippen molar-refractivity contribution in [1.29, 1.82) is 0 Å². The Morgan fingerprint density at radius 3 is 2.61 bits per heavy atom. The summed E-state index contributed by atoms with van der Waals surface area (Å²) in [5, 5.41) is 13.5. The van der Waals surface area contributed by atoms with E-state index in [-0.39, 0.29) is 11.7 Å². The van der Waals surface area contributed by atoms with Crippen LogP contribution in [0.2, 0.25) is 10.0 Å². The molecule has 0 bridgehead atoms. The lowest BCUT2D eigenvalue weighted by Crippen LogP contribution is -3.12. The summed E-state index contributed by atoms with van der Waals surface area (Å²) in [6, 6.07) is 12.6. The average molecular weight is 509 g/mol. The minimum Gasteiger partial charge on any atom is -0.495 e. The number of carbonyl (C=O) groups excluding carboxylic acids is 1. The molecule has 1 amide bonds. The number of aromatic nitrogens is 3. The van der Waals surface area contributed by atoms with Gasteiger partial charge in [0.05, 0.1) is 31.8 Å². The van der Waals surface area contributed by atoms with Crippen LogP contribution in [0, 0.1) is 0 Å². The molecule has 33 heavy (non-hydrogen) atoms. The number of amides is 1. The van der Waals surface area contributed by atoms with Crippen molar-refractivity contribution in [3.8, 4) is 11.4 Å². The maximum Gasteiger partial charge on any atom is 0.234 e. The third-order valence-electron chi connectivity index (χ3n) is 5.16. The zero-order chi connectivity index (χ0) is 23.2. The number of carbonyl (C=O) groups is 1. The molecule has 1 fully saturated rings. The van der Waals surface area contributed by atoms with Gasteiger partial charge in [0.15, 0.2) is 11.0 Å². The number of nitrogens with zero attached hydrogens (tertiary/aromatic N) is 3. The first-order valence-electron chi connectivity index (χ1n) is 10.4. The molecule has 3 aromatic rings. The van der Waals surface area contributed by atoms with Crippen molar-refractivity contribution in [3.63, 3.8) is 0 Å².